The van der Waals surface area contributed by atoms with Gasteiger partial charge in [0.1, 0.15) is 0 Å². The van der Waals surface area contributed by atoms with Crippen LogP contribution >= 0.6 is 0 Å². The number of hydrogen-bond donors (Lipinski definition) is 1. The molecule has 1 atom stereocenters. The standard InChI is InChI=1S/C14H18N2O4/c1-10-5-3-4-6-11(10)15(2)14(19)16-7-8-20-9-12(16)13(17)18/h3-6,12H,7-9H2,1-2H3,(H,17,18). The molecule has 1 aromatic carbocycles. The van der Waals surface area contributed by atoms with Crippen LogP contribution in [0.4, 0.5) is 10.5 Å². The number of nitrogens with zero attached hydrogens (tertiary/aromatic N) is 2. The van der Waals surface area contributed by atoms with Crippen molar-refractivity contribution in [2.45, 2.75) is 13.0 Å². The third kappa shape index (κ3) is 2.75. The summed E-state index contributed by atoms with van der Waals surface area (Å²) >= 11 is 0. The van der Waals surface area contributed by atoms with E-state index in [1.165, 1.54) is 9.80 Å². The molecule has 6 heteroatoms. The maximum atomic E-state index is 12.5. The number of carbonyl (C=O) groups is 2. The summed E-state index contributed by atoms with van der Waals surface area (Å²) in [7, 11) is 1.65. The molecule has 0 aliphatic carbocycles. The minimum absolute atomic E-state index is 0.0304. The van der Waals surface area contributed by atoms with Gasteiger partial charge in [0.25, 0.3) is 0 Å². The van der Waals surface area contributed by atoms with E-state index in [2.05, 4.69) is 0 Å². The Kier molecular flexibility index (Phi) is 4.24. The van der Waals surface area contributed by atoms with Crippen molar-refractivity contribution < 1.29 is 19.4 Å². The zero-order valence-corrected chi connectivity index (χ0v) is 11.6. The van der Waals surface area contributed by atoms with Gasteiger partial charge >= 0.3 is 12.0 Å². The molecule has 1 aliphatic heterocycles. The fourth-order valence-electron chi connectivity index (χ4n) is 2.27. The highest BCUT2D eigenvalue weighted by molar-refractivity contribution is 5.94. The summed E-state index contributed by atoms with van der Waals surface area (Å²) < 4.78 is 5.14. The molecular formula is C14H18N2O4. The second-order valence-corrected chi connectivity index (χ2v) is 4.75. The van der Waals surface area contributed by atoms with Gasteiger partial charge in [-0.2, -0.15) is 0 Å². The van der Waals surface area contributed by atoms with Gasteiger partial charge in [-0.1, -0.05) is 18.2 Å². The molecule has 0 saturated carbocycles. The summed E-state index contributed by atoms with van der Waals surface area (Å²) in [5.41, 5.74) is 1.73. The van der Waals surface area contributed by atoms with Crippen LogP contribution in [0.25, 0.3) is 0 Å². The first-order chi connectivity index (χ1) is 9.52. The van der Waals surface area contributed by atoms with Gasteiger partial charge in [0.15, 0.2) is 6.04 Å². The van der Waals surface area contributed by atoms with Crippen molar-refractivity contribution in [1.29, 1.82) is 0 Å². The van der Waals surface area contributed by atoms with Crippen LogP contribution in [-0.2, 0) is 9.53 Å². The van der Waals surface area contributed by atoms with E-state index in [9.17, 15) is 14.7 Å². The van der Waals surface area contributed by atoms with Gasteiger partial charge in [-0.05, 0) is 18.6 Å². The van der Waals surface area contributed by atoms with Gasteiger partial charge < -0.3 is 14.7 Å². The molecular weight excluding hydrogens is 260 g/mol. The van der Waals surface area contributed by atoms with Crippen molar-refractivity contribution in [2.24, 2.45) is 0 Å². The van der Waals surface area contributed by atoms with Crippen LogP contribution < -0.4 is 4.90 Å². The highest BCUT2D eigenvalue weighted by Gasteiger charge is 2.34. The molecule has 0 bridgehead atoms. The molecule has 108 valence electrons. The largest absolute Gasteiger partial charge is 0.480 e. The fraction of sp³-hybridized carbons (Fsp3) is 0.429. The van der Waals surface area contributed by atoms with E-state index in [-0.39, 0.29) is 19.2 Å². The van der Waals surface area contributed by atoms with Crippen molar-refractivity contribution in [3.05, 3.63) is 29.8 Å². The first kappa shape index (κ1) is 14.3. The summed E-state index contributed by atoms with van der Waals surface area (Å²) in [6.07, 6.45) is 0. The Morgan fingerprint density at radius 1 is 1.40 bits per heavy atom. The van der Waals surface area contributed by atoms with Crippen LogP contribution in [0, 0.1) is 6.92 Å². The Morgan fingerprint density at radius 3 is 2.75 bits per heavy atom. The van der Waals surface area contributed by atoms with Crippen LogP contribution in [-0.4, -0.2) is 54.9 Å². The van der Waals surface area contributed by atoms with Gasteiger partial charge in [0.05, 0.1) is 13.2 Å². The molecule has 2 rings (SSSR count). The van der Waals surface area contributed by atoms with E-state index in [4.69, 9.17) is 4.74 Å². The number of anilines is 1. The summed E-state index contributed by atoms with van der Waals surface area (Å²) in [4.78, 5) is 26.5. The van der Waals surface area contributed by atoms with E-state index in [0.717, 1.165) is 11.3 Å². The Hall–Kier alpha value is -2.08. The van der Waals surface area contributed by atoms with Crippen molar-refractivity contribution in [2.75, 3.05) is 31.7 Å². The van der Waals surface area contributed by atoms with E-state index < -0.39 is 12.0 Å². The highest BCUT2D eigenvalue weighted by atomic mass is 16.5. The zero-order chi connectivity index (χ0) is 14.7. The average Bonchev–Trinajstić information content (AvgIpc) is 2.46. The number of aliphatic carboxylic acids is 1. The number of morpholine rings is 1. The Balaban J connectivity index is 2.21. The topological polar surface area (TPSA) is 70.1 Å². The fourth-order valence-corrected chi connectivity index (χ4v) is 2.27. The molecule has 0 radical (unpaired) electrons. The number of urea groups is 1. The monoisotopic (exact) mass is 278 g/mol. The minimum atomic E-state index is -1.05. The smallest absolute Gasteiger partial charge is 0.328 e. The lowest BCUT2D eigenvalue weighted by atomic mass is 10.2. The molecule has 2 amide bonds. The normalized spacial score (nSPS) is 18.7. The van der Waals surface area contributed by atoms with Crippen molar-refractivity contribution in [3.63, 3.8) is 0 Å². The molecule has 6 nitrogen and oxygen atoms in total. The van der Waals surface area contributed by atoms with Gasteiger partial charge in [-0.3, -0.25) is 4.90 Å². The van der Waals surface area contributed by atoms with Gasteiger partial charge in [0.2, 0.25) is 0 Å². The first-order valence-electron chi connectivity index (χ1n) is 6.43. The summed E-state index contributed by atoms with van der Waals surface area (Å²) in [6.45, 7) is 2.58. The Bertz CT molecular complexity index is 518. The number of aryl methyl sites for hydroxylation is 1. The Morgan fingerprint density at radius 2 is 2.10 bits per heavy atom. The number of carboxylic acid groups (broad SMARTS) is 1. The van der Waals surface area contributed by atoms with Gasteiger partial charge in [0, 0.05) is 19.3 Å². The quantitative estimate of drug-likeness (QED) is 0.886. The molecule has 0 aromatic heterocycles. The molecule has 1 aromatic rings. The SMILES string of the molecule is Cc1ccccc1N(C)C(=O)N1CCOCC1C(=O)O. The highest BCUT2D eigenvalue weighted by Crippen LogP contribution is 2.20. The number of carbonyl (C=O) groups excluding carboxylic acids is 1. The van der Waals surface area contributed by atoms with Crippen molar-refractivity contribution >= 4 is 17.7 Å². The molecule has 1 fully saturated rings. The van der Waals surface area contributed by atoms with Crippen LogP contribution in [0.3, 0.4) is 0 Å². The number of rotatable bonds is 2. The van der Waals surface area contributed by atoms with Gasteiger partial charge in [-0.25, -0.2) is 9.59 Å². The molecule has 1 unspecified atom stereocenters. The lowest BCUT2D eigenvalue weighted by molar-refractivity contribution is -0.147. The minimum Gasteiger partial charge on any atom is -0.480 e. The third-order valence-electron chi connectivity index (χ3n) is 3.42. The molecule has 1 saturated heterocycles. The predicted octanol–water partition coefficient (Wildman–Crippen LogP) is 1.34. The van der Waals surface area contributed by atoms with Gasteiger partial charge in [-0.15, -0.1) is 0 Å². The van der Waals surface area contributed by atoms with Crippen LogP contribution in [0.15, 0.2) is 24.3 Å². The lowest BCUT2D eigenvalue weighted by Crippen LogP contribution is -2.56. The average molecular weight is 278 g/mol. The third-order valence-corrected chi connectivity index (χ3v) is 3.42. The summed E-state index contributed by atoms with van der Waals surface area (Å²) in [5, 5.41) is 9.17. The summed E-state index contributed by atoms with van der Waals surface area (Å²) in [5.74, 6) is -1.05. The van der Waals surface area contributed by atoms with E-state index >= 15 is 0 Å². The lowest BCUT2D eigenvalue weighted by Gasteiger charge is -2.35. The molecule has 20 heavy (non-hydrogen) atoms. The molecule has 1 heterocycles. The number of para-hydroxylation sites is 1. The Labute approximate surface area is 117 Å². The van der Waals surface area contributed by atoms with Crippen molar-refractivity contribution in [3.8, 4) is 0 Å². The molecule has 0 spiro atoms. The number of amides is 2. The zero-order valence-electron chi connectivity index (χ0n) is 11.6. The van der Waals surface area contributed by atoms with E-state index in [1.807, 2.05) is 31.2 Å². The number of hydrogen-bond acceptors (Lipinski definition) is 3. The molecule has 1 aliphatic rings. The number of ether oxygens (including phenoxy) is 1. The van der Waals surface area contributed by atoms with E-state index in [0.29, 0.717) is 6.61 Å². The second-order valence-electron chi connectivity index (χ2n) is 4.75. The predicted molar refractivity (Wildman–Crippen MR) is 73.9 cm³/mol. The van der Waals surface area contributed by atoms with E-state index in [1.54, 1.807) is 7.05 Å². The number of benzene rings is 1. The maximum absolute atomic E-state index is 12.5. The second kappa shape index (κ2) is 5.92. The first-order valence-corrected chi connectivity index (χ1v) is 6.43. The summed E-state index contributed by atoms with van der Waals surface area (Å²) in [6, 6.07) is 6.24. The van der Waals surface area contributed by atoms with Crippen LogP contribution in [0.2, 0.25) is 0 Å². The van der Waals surface area contributed by atoms with Crippen LogP contribution in [0.5, 0.6) is 0 Å². The van der Waals surface area contributed by atoms with Crippen molar-refractivity contribution in [1.82, 2.24) is 4.90 Å². The van der Waals surface area contributed by atoms with Crippen LogP contribution in [0.1, 0.15) is 5.56 Å². The maximum Gasteiger partial charge on any atom is 0.328 e. The number of carboxylic acids is 1. The molecule has 1 N–H and O–H groups in total.